The molecule has 0 aliphatic carbocycles. The van der Waals surface area contributed by atoms with Crippen LogP contribution in [0.1, 0.15) is 19.0 Å². The summed E-state index contributed by atoms with van der Waals surface area (Å²) >= 11 is 1.08. The Morgan fingerprint density at radius 2 is 1.97 bits per heavy atom. The first-order valence-corrected chi connectivity index (χ1v) is 10.9. The Morgan fingerprint density at radius 1 is 1.19 bits per heavy atom. The van der Waals surface area contributed by atoms with E-state index in [1.54, 1.807) is 24.4 Å². The maximum atomic E-state index is 12.6. The lowest BCUT2D eigenvalue weighted by Gasteiger charge is -2.15. The number of amides is 1. The number of carbonyl (C=O) groups is 2. The number of carbonyl (C=O) groups excluding carboxylic acids is 2. The Bertz CT molecular complexity index is 1370. The smallest absolute Gasteiger partial charge is 0.308 e. The zero-order chi connectivity index (χ0) is 22.8. The average molecular weight is 455 g/mol. The van der Waals surface area contributed by atoms with Crippen molar-refractivity contribution in [3.63, 3.8) is 0 Å². The van der Waals surface area contributed by atoms with Crippen molar-refractivity contribution in [2.45, 2.75) is 32.9 Å². The van der Waals surface area contributed by atoms with E-state index in [0.29, 0.717) is 17.0 Å². The van der Waals surface area contributed by atoms with E-state index in [-0.39, 0.29) is 17.8 Å². The number of ether oxygens (including phenoxy) is 2. The molecule has 2 aromatic heterocycles. The van der Waals surface area contributed by atoms with E-state index >= 15 is 0 Å². The van der Waals surface area contributed by atoms with Crippen LogP contribution in [0.5, 0.6) is 5.75 Å². The van der Waals surface area contributed by atoms with Gasteiger partial charge in [-0.05, 0) is 26.0 Å². The minimum Gasteiger partial charge on any atom is -0.495 e. The molecule has 1 N–H and O–H groups in total. The van der Waals surface area contributed by atoms with Crippen LogP contribution in [0.15, 0.2) is 51.0 Å². The highest BCUT2D eigenvalue weighted by molar-refractivity contribution is 7.07. The zero-order valence-electron chi connectivity index (χ0n) is 17.8. The van der Waals surface area contributed by atoms with Gasteiger partial charge in [-0.3, -0.25) is 14.4 Å². The number of furan rings is 1. The van der Waals surface area contributed by atoms with E-state index in [9.17, 15) is 14.4 Å². The minimum absolute atomic E-state index is 0.0106. The highest BCUT2D eigenvalue weighted by Crippen LogP contribution is 2.36. The molecule has 2 aromatic carbocycles. The van der Waals surface area contributed by atoms with Gasteiger partial charge in [0.1, 0.15) is 16.9 Å². The number of nitrogens with zero attached hydrogens (tertiary/aromatic N) is 1. The van der Waals surface area contributed by atoms with Crippen LogP contribution in [-0.2, 0) is 20.9 Å². The molecular weight excluding hydrogens is 432 g/mol. The fourth-order valence-corrected chi connectivity index (χ4v) is 4.20. The SMILES string of the molecule is COc1cc2c(cc1NC(=O)[C@@H](C)OC(=O)CCn1c(C)csc1=O)oc1ccccc12. The fourth-order valence-electron chi connectivity index (χ4n) is 3.44. The summed E-state index contributed by atoms with van der Waals surface area (Å²) in [7, 11) is 1.51. The van der Waals surface area contributed by atoms with Crippen LogP contribution in [0.25, 0.3) is 21.9 Å². The molecule has 1 amide bonds. The predicted octanol–water partition coefficient (Wildman–Crippen LogP) is 4.09. The number of fused-ring (bicyclic) bond motifs is 3. The lowest BCUT2D eigenvalue weighted by Crippen LogP contribution is -2.30. The van der Waals surface area contributed by atoms with Crippen molar-refractivity contribution < 1.29 is 23.5 Å². The molecule has 0 aliphatic rings. The van der Waals surface area contributed by atoms with Gasteiger partial charge in [0.05, 0.1) is 19.2 Å². The summed E-state index contributed by atoms with van der Waals surface area (Å²) in [5.74, 6) is -0.607. The number of nitrogens with one attached hydrogen (secondary N) is 1. The van der Waals surface area contributed by atoms with E-state index in [1.165, 1.54) is 18.6 Å². The van der Waals surface area contributed by atoms with Gasteiger partial charge in [0.25, 0.3) is 5.91 Å². The molecule has 0 fully saturated rings. The number of aryl methyl sites for hydroxylation is 1. The number of para-hydroxylation sites is 1. The molecule has 2 heterocycles. The number of aromatic nitrogens is 1. The molecule has 4 rings (SSSR count). The van der Waals surface area contributed by atoms with Crippen molar-refractivity contribution in [1.29, 1.82) is 0 Å². The van der Waals surface area contributed by atoms with E-state index in [4.69, 9.17) is 13.9 Å². The lowest BCUT2D eigenvalue weighted by molar-refractivity contribution is -0.153. The van der Waals surface area contributed by atoms with E-state index in [0.717, 1.165) is 33.4 Å². The van der Waals surface area contributed by atoms with Crippen molar-refractivity contribution in [2.24, 2.45) is 0 Å². The number of benzene rings is 2. The summed E-state index contributed by atoms with van der Waals surface area (Å²) in [5, 5.41) is 6.28. The molecule has 1 atom stereocenters. The zero-order valence-corrected chi connectivity index (χ0v) is 18.7. The largest absolute Gasteiger partial charge is 0.495 e. The number of thiazole rings is 1. The summed E-state index contributed by atoms with van der Waals surface area (Å²) in [4.78, 5) is 36.4. The number of rotatable bonds is 7. The van der Waals surface area contributed by atoms with Crippen molar-refractivity contribution in [2.75, 3.05) is 12.4 Å². The van der Waals surface area contributed by atoms with Crippen LogP contribution in [0.2, 0.25) is 0 Å². The highest BCUT2D eigenvalue weighted by Gasteiger charge is 2.21. The molecule has 166 valence electrons. The third-order valence-electron chi connectivity index (χ3n) is 5.15. The van der Waals surface area contributed by atoms with Gasteiger partial charge in [-0.2, -0.15) is 0 Å². The van der Waals surface area contributed by atoms with Gasteiger partial charge >= 0.3 is 10.8 Å². The second-order valence-corrected chi connectivity index (χ2v) is 8.13. The number of anilines is 1. The number of hydrogen-bond acceptors (Lipinski definition) is 7. The van der Waals surface area contributed by atoms with Crippen molar-refractivity contribution >= 4 is 50.8 Å². The predicted molar refractivity (Wildman–Crippen MR) is 122 cm³/mol. The second-order valence-electron chi connectivity index (χ2n) is 7.31. The Morgan fingerprint density at radius 3 is 2.69 bits per heavy atom. The average Bonchev–Trinajstić information content (AvgIpc) is 3.30. The summed E-state index contributed by atoms with van der Waals surface area (Å²) in [6, 6.07) is 11.1. The Hall–Kier alpha value is -3.59. The van der Waals surface area contributed by atoms with Crippen molar-refractivity contribution in [1.82, 2.24) is 4.57 Å². The van der Waals surface area contributed by atoms with Crippen LogP contribution in [-0.4, -0.2) is 29.7 Å². The van der Waals surface area contributed by atoms with Crippen LogP contribution in [0.3, 0.4) is 0 Å². The van der Waals surface area contributed by atoms with Gasteiger partial charge in [-0.1, -0.05) is 29.5 Å². The molecular formula is C23H22N2O6S. The van der Waals surface area contributed by atoms with E-state index < -0.39 is 18.0 Å². The number of hydrogen-bond donors (Lipinski definition) is 1. The summed E-state index contributed by atoms with van der Waals surface area (Å²) in [6.45, 7) is 3.49. The normalized spacial score (nSPS) is 12.1. The third-order valence-corrected chi connectivity index (χ3v) is 6.03. The van der Waals surface area contributed by atoms with Gasteiger partial charge < -0.3 is 23.8 Å². The van der Waals surface area contributed by atoms with Crippen molar-refractivity contribution in [3.8, 4) is 5.75 Å². The molecule has 4 aromatic rings. The Balaban J connectivity index is 1.44. The maximum absolute atomic E-state index is 12.6. The van der Waals surface area contributed by atoms with Gasteiger partial charge in [0, 0.05) is 34.5 Å². The monoisotopic (exact) mass is 454 g/mol. The summed E-state index contributed by atoms with van der Waals surface area (Å²) in [6.07, 6.45) is -1.04. The topological polar surface area (TPSA) is 99.8 Å². The summed E-state index contributed by atoms with van der Waals surface area (Å²) < 4.78 is 18.1. The first-order valence-electron chi connectivity index (χ1n) is 10.0. The van der Waals surface area contributed by atoms with Crippen LogP contribution >= 0.6 is 11.3 Å². The van der Waals surface area contributed by atoms with Gasteiger partial charge in [0.2, 0.25) is 0 Å². The molecule has 0 saturated heterocycles. The maximum Gasteiger partial charge on any atom is 0.308 e. The standard InChI is InChI=1S/C23H22N2O6S/c1-13-12-32-23(28)25(13)9-8-21(26)30-14(2)22(27)24-17-11-19-16(10-20(17)29-3)15-6-4-5-7-18(15)31-19/h4-7,10-12,14H,8-9H2,1-3H3,(H,24,27)/t14-/m1/s1. The molecule has 0 saturated carbocycles. The Labute approximate surface area is 187 Å². The van der Waals surface area contributed by atoms with E-state index in [1.807, 2.05) is 24.3 Å². The molecule has 32 heavy (non-hydrogen) atoms. The summed E-state index contributed by atoms with van der Waals surface area (Å²) in [5.41, 5.74) is 2.53. The molecule has 0 unspecified atom stereocenters. The minimum atomic E-state index is -1.03. The molecule has 0 spiro atoms. The fraction of sp³-hybridized carbons (Fsp3) is 0.261. The first-order chi connectivity index (χ1) is 15.4. The molecule has 8 nitrogen and oxygen atoms in total. The quantitative estimate of drug-likeness (QED) is 0.422. The van der Waals surface area contributed by atoms with Crippen molar-refractivity contribution in [3.05, 3.63) is 57.1 Å². The Kier molecular flexibility index (Phi) is 6.00. The van der Waals surface area contributed by atoms with E-state index in [2.05, 4.69) is 5.32 Å². The van der Waals surface area contributed by atoms with Gasteiger partial charge in [-0.25, -0.2) is 0 Å². The van der Waals surface area contributed by atoms with Crippen LogP contribution < -0.4 is 14.9 Å². The van der Waals surface area contributed by atoms with Crippen LogP contribution in [0.4, 0.5) is 5.69 Å². The number of esters is 1. The molecule has 0 bridgehead atoms. The second kappa shape index (κ2) is 8.88. The molecule has 0 aliphatic heterocycles. The van der Waals surface area contributed by atoms with Crippen LogP contribution in [0, 0.1) is 6.92 Å². The highest BCUT2D eigenvalue weighted by atomic mass is 32.1. The first kappa shape index (κ1) is 21.6. The molecule has 0 radical (unpaired) electrons. The third kappa shape index (κ3) is 4.24. The lowest BCUT2D eigenvalue weighted by atomic mass is 10.1. The molecule has 9 heteroatoms. The van der Waals surface area contributed by atoms with Gasteiger partial charge in [0.15, 0.2) is 6.10 Å². The number of methoxy groups -OCH3 is 1. The van der Waals surface area contributed by atoms with Gasteiger partial charge in [-0.15, -0.1) is 0 Å².